The van der Waals surface area contributed by atoms with E-state index in [2.05, 4.69) is 43.5 Å². The molecule has 0 radical (unpaired) electrons. The summed E-state index contributed by atoms with van der Waals surface area (Å²) in [5.41, 5.74) is 0. The first-order valence-corrected chi connectivity index (χ1v) is 28.5. The lowest BCUT2D eigenvalue weighted by Gasteiger charge is -2.22. The standard InChI is InChI=1S/C58H113NO3/c1-3-5-7-9-11-13-15-17-19-21-22-23-24-25-26-27-28-29-30-31-32-33-34-35-36-38-40-42-44-46-48-50-52-54-58(62)59-56(55-60)57(61)53-51-49-47-45-43-41-39-37-20-18-16-14-12-10-8-6-4-2/h15,17,21-22,56-57,60-61H,3-14,16,18-20,23-55H2,1-2H3,(H,59,62)/b17-15-,22-21-. The zero-order valence-electron chi connectivity index (χ0n) is 42.4. The predicted octanol–water partition coefficient (Wildman–Crippen LogP) is 18.7. The molecule has 3 N–H and O–H groups in total. The van der Waals surface area contributed by atoms with Gasteiger partial charge < -0.3 is 15.5 Å². The van der Waals surface area contributed by atoms with Gasteiger partial charge in [-0.05, 0) is 44.9 Å². The van der Waals surface area contributed by atoms with Crippen molar-refractivity contribution in [3.63, 3.8) is 0 Å². The molecular weight excluding hydrogens is 759 g/mol. The van der Waals surface area contributed by atoms with Gasteiger partial charge in [0.2, 0.25) is 5.91 Å². The molecule has 4 nitrogen and oxygen atoms in total. The number of rotatable bonds is 53. The van der Waals surface area contributed by atoms with Crippen molar-refractivity contribution in [2.24, 2.45) is 0 Å². The van der Waals surface area contributed by atoms with E-state index in [1.807, 2.05) is 0 Å². The summed E-state index contributed by atoms with van der Waals surface area (Å²) >= 11 is 0. The lowest BCUT2D eigenvalue weighted by atomic mass is 10.0. The molecule has 62 heavy (non-hydrogen) atoms. The Hall–Kier alpha value is -1.13. The fraction of sp³-hybridized carbons (Fsp3) is 0.914. The Morgan fingerprint density at radius 3 is 0.968 bits per heavy atom. The summed E-state index contributed by atoms with van der Waals surface area (Å²) in [6, 6.07) is -0.533. The second kappa shape index (κ2) is 54.2. The van der Waals surface area contributed by atoms with Crippen LogP contribution in [0.15, 0.2) is 24.3 Å². The van der Waals surface area contributed by atoms with E-state index >= 15 is 0 Å². The van der Waals surface area contributed by atoms with Crippen molar-refractivity contribution >= 4 is 5.91 Å². The van der Waals surface area contributed by atoms with Crippen molar-refractivity contribution in [2.45, 2.75) is 334 Å². The third-order valence-corrected chi connectivity index (χ3v) is 13.5. The minimum atomic E-state index is -0.656. The molecule has 0 aromatic carbocycles. The minimum Gasteiger partial charge on any atom is -0.394 e. The first-order valence-electron chi connectivity index (χ1n) is 28.5. The van der Waals surface area contributed by atoms with Gasteiger partial charge in [-0.1, -0.05) is 295 Å². The highest BCUT2D eigenvalue weighted by Gasteiger charge is 2.20. The van der Waals surface area contributed by atoms with Crippen molar-refractivity contribution in [1.82, 2.24) is 5.32 Å². The number of allylic oxidation sites excluding steroid dienone is 4. The summed E-state index contributed by atoms with van der Waals surface area (Å²) in [5, 5.41) is 23.3. The molecule has 0 aliphatic heterocycles. The molecule has 0 saturated heterocycles. The van der Waals surface area contributed by atoms with Crippen LogP contribution in [0.2, 0.25) is 0 Å². The third kappa shape index (κ3) is 49.9. The third-order valence-electron chi connectivity index (χ3n) is 13.5. The van der Waals surface area contributed by atoms with E-state index in [1.165, 1.54) is 263 Å². The smallest absolute Gasteiger partial charge is 0.220 e. The van der Waals surface area contributed by atoms with Crippen LogP contribution < -0.4 is 5.32 Å². The van der Waals surface area contributed by atoms with E-state index in [9.17, 15) is 15.0 Å². The molecule has 0 aromatic rings. The van der Waals surface area contributed by atoms with Gasteiger partial charge in [0.25, 0.3) is 0 Å². The predicted molar refractivity (Wildman–Crippen MR) is 276 cm³/mol. The van der Waals surface area contributed by atoms with Crippen LogP contribution in [0.5, 0.6) is 0 Å². The van der Waals surface area contributed by atoms with E-state index in [4.69, 9.17) is 0 Å². The molecule has 4 heteroatoms. The first kappa shape index (κ1) is 60.9. The summed E-state index contributed by atoms with van der Waals surface area (Å²) < 4.78 is 0. The Morgan fingerprint density at radius 2 is 0.661 bits per heavy atom. The molecule has 2 atom stereocenters. The largest absolute Gasteiger partial charge is 0.394 e. The second-order valence-electron chi connectivity index (χ2n) is 19.7. The molecule has 0 saturated carbocycles. The zero-order chi connectivity index (χ0) is 44.9. The van der Waals surface area contributed by atoms with Gasteiger partial charge in [-0.15, -0.1) is 0 Å². The molecule has 0 aromatic heterocycles. The molecule has 0 bridgehead atoms. The minimum absolute atomic E-state index is 0.0248. The number of unbranched alkanes of at least 4 members (excludes halogenated alkanes) is 42. The molecule has 0 spiro atoms. The SMILES string of the molecule is CCCCCCC/C=C\C/C=C\CCCCCCCCCCCCCCCCCCCCCCCC(=O)NC(CO)C(O)CCCCCCCCCCCCCCCCCCC. The molecule has 0 aliphatic carbocycles. The fourth-order valence-electron chi connectivity index (χ4n) is 9.10. The Bertz CT molecular complexity index is 901. The van der Waals surface area contributed by atoms with Gasteiger partial charge in [0, 0.05) is 6.42 Å². The maximum absolute atomic E-state index is 12.5. The molecule has 0 heterocycles. The molecular formula is C58H113NO3. The monoisotopic (exact) mass is 872 g/mol. The van der Waals surface area contributed by atoms with Gasteiger partial charge in [-0.3, -0.25) is 4.79 Å². The van der Waals surface area contributed by atoms with Gasteiger partial charge in [-0.2, -0.15) is 0 Å². The van der Waals surface area contributed by atoms with Crippen molar-refractivity contribution < 1.29 is 15.0 Å². The van der Waals surface area contributed by atoms with Crippen LogP contribution in [0.3, 0.4) is 0 Å². The van der Waals surface area contributed by atoms with Crippen LogP contribution in [0.1, 0.15) is 322 Å². The first-order chi connectivity index (χ1) is 30.7. The lowest BCUT2D eigenvalue weighted by Crippen LogP contribution is -2.45. The summed E-state index contributed by atoms with van der Waals surface area (Å²) in [6.45, 7) is 4.38. The zero-order valence-corrected chi connectivity index (χ0v) is 42.4. The number of hydrogen-bond donors (Lipinski definition) is 3. The maximum Gasteiger partial charge on any atom is 0.220 e. The van der Waals surface area contributed by atoms with Crippen LogP contribution in [0.25, 0.3) is 0 Å². The van der Waals surface area contributed by atoms with Crippen molar-refractivity contribution in [3.8, 4) is 0 Å². The number of aliphatic hydroxyl groups is 2. The number of aliphatic hydroxyl groups excluding tert-OH is 2. The van der Waals surface area contributed by atoms with Gasteiger partial charge in [0.1, 0.15) is 0 Å². The number of nitrogens with one attached hydrogen (secondary N) is 1. The quantitative estimate of drug-likeness (QED) is 0.0421. The van der Waals surface area contributed by atoms with Crippen LogP contribution in [-0.2, 0) is 4.79 Å². The fourth-order valence-corrected chi connectivity index (χ4v) is 9.10. The average Bonchev–Trinajstić information content (AvgIpc) is 3.28. The highest BCUT2D eigenvalue weighted by atomic mass is 16.3. The van der Waals surface area contributed by atoms with Crippen molar-refractivity contribution in [1.29, 1.82) is 0 Å². The number of carbonyl (C=O) groups excluding carboxylic acids is 1. The Balaban J connectivity index is 3.39. The van der Waals surface area contributed by atoms with E-state index in [0.29, 0.717) is 12.8 Å². The number of carbonyl (C=O) groups is 1. The van der Waals surface area contributed by atoms with Crippen LogP contribution >= 0.6 is 0 Å². The van der Waals surface area contributed by atoms with Gasteiger partial charge in [-0.25, -0.2) is 0 Å². The normalized spacial score (nSPS) is 12.9. The van der Waals surface area contributed by atoms with E-state index in [-0.39, 0.29) is 12.5 Å². The van der Waals surface area contributed by atoms with Crippen molar-refractivity contribution in [3.05, 3.63) is 24.3 Å². The number of hydrogen-bond acceptors (Lipinski definition) is 3. The van der Waals surface area contributed by atoms with Gasteiger partial charge in [0.05, 0.1) is 18.8 Å². The van der Waals surface area contributed by atoms with Crippen LogP contribution in [0, 0.1) is 0 Å². The summed E-state index contributed by atoms with van der Waals surface area (Å²) in [5.74, 6) is -0.0248. The van der Waals surface area contributed by atoms with Crippen LogP contribution in [-0.4, -0.2) is 34.9 Å². The summed E-state index contributed by atoms with van der Waals surface area (Å²) in [4.78, 5) is 12.5. The second-order valence-corrected chi connectivity index (χ2v) is 19.7. The van der Waals surface area contributed by atoms with Crippen molar-refractivity contribution in [2.75, 3.05) is 6.61 Å². The molecule has 2 unspecified atom stereocenters. The Morgan fingerprint density at radius 1 is 0.387 bits per heavy atom. The van der Waals surface area contributed by atoms with E-state index < -0.39 is 12.1 Å². The molecule has 0 aliphatic rings. The topological polar surface area (TPSA) is 69.6 Å². The Kier molecular flexibility index (Phi) is 53.2. The van der Waals surface area contributed by atoms with E-state index in [1.54, 1.807) is 0 Å². The lowest BCUT2D eigenvalue weighted by molar-refractivity contribution is -0.123. The number of amides is 1. The average molecular weight is 873 g/mol. The highest BCUT2D eigenvalue weighted by molar-refractivity contribution is 5.76. The summed E-state index contributed by atoms with van der Waals surface area (Å²) in [7, 11) is 0. The molecule has 0 fully saturated rings. The van der Waals surface area contributed by atoms with Gasteiger partial charge in [0.15, 0.2) is 0 Å². The van der Waals surface area contributed by atoms with Crippen LogP contribution in [0.4, 0.5) is 0 Å². The summed E-state index contributed by atoms with van der Waals surface area (Å²) in [6.07, 6.45) is 71.7. The molecule has 368 valence electrons. The maximum atomic E-state index is 12.5. The van der Waals surface area contributed by atoms with E-state index in [0.717, 1.165) is 32.1 Å². The molecule has 1 amide bonds. The molecule has 0 rings (SSSR count). The highest BCUT2D eigenvalue weighted by Crippen LogP contribution is 2.18. The van der Waals surface area contributed by atoms with Gasteiger partial charge >= 0.3 is 0 Å². The Labute approximate surface area is 389 Å².